The zero-order valence-electron chi connectivity index (χ0n) is 9.54. The van der Waals surface area contributed by atoms with Crippen LogP contribution in [-0.2, 0) is 4.74 Å². The van der Waals surface area contributed by atoms with Gasteiger partial charge in [0, 0.05) is 0 Å². The number of fused-ring (bicyclic) bond motifs is 1. The molecule has 1 aliphatic heterocycles. The van der Waals surface area contributed by atoms with E-state index in [1.165, 1.54) is 6.33 Å². The van der Waals surface area contributed by atoms with Gasteiger partial charge in [0.2, 0.25) is 5.65 Å². The van der Waals surface area contributed by atoms with Gasteiger partial charge in [-0.1, -0.05) is 0 Å². The molecule has 3 rings (SSSR count). The molecule has 1 fully saturated rings. The molecule has 19 heavy (non-hydrogen) atoms. The number of rotatable bonds is 2. The van der Waals surface area contributed by atoms with Gasteiger partial charge in [-0.05, 0) is 0 Å². The molecule has 0 saturated carbocycles. The average Bonchev–Trinajstić information content (AvgIpc) is 2.94. The summed E-state index contributed by atoms with van der Waals surface area (Å²) in [6.45, 7) is -0.450. The van der Waals surface area contributed by atoms with Crippen LogP contribution in [0.5, 0.6) is 0 Å². The lowest BCUT2D eigenvalue weighted by Crippen LogP contribution is -2.33. The topological polar surface area (TPSA) is 146 Å². The Kier molecular flexibility index (Phi) is 2.78. The molecule has 10 heteroatoms. The van der Waals surface area contributed by atoms with E-state index in [9.17, 15) is 15.0 Å². The monoisotopic (exact) mass is 269 g/mol. The molecular weight excluding hydrogens is 258 g/mol. The van der Waals surface area contributed by atoms with E-state index in [2.05, 4.69) is 20.2 Å². The molecule has 102 valence electrons. The minimum absolute atomic E-state index is 0.000221. The van der Waals surface area contributed by atoms with Gasteiger partial charge in [0.05, 0.1) is 12.9 Å². The molecule has 0 spiro atoms. The molecule has 0 unspecified atom stereocenters. The third-order valence-corrected chi connectivity index (χ3v) is 2.95. The van der Waals surface area contributed by atoms with E-state index < -0.39 is 36.7 Å². The fraction of sp³-hybridized carbons (Fsp3) is 0.556. The number of hydrogen-bond donors (Lipinski definition) is 4. The largest absolute Gasteiger partial charge is 0.394 e. The Balaban J connectivity index is 2.01. The van der Waals surface area contributed by atoms with Crippen molar-refractivity contribution in [2.75, 3.05) is 6.61 Å². The quantitative estimate of drug-likeness (QED) is 0.455. The van der Waals surface area contributed by atoms with Gasteiger partial charge < -0.3 is 25.0 Å². The summed E-state index contributed by atoms with van der Waals surface area (Å²) >= 11 is 0. The summed E-state index contributed by atoms with van der Waals surface area (Å²) in [6.07, 6.45) is -3.39. The van der Waals surface area contributed by atoms with Crippen LogP contribution in [0.15, 0.2) is 11.1 Å². The van der Waals surface area contributed by atoms with Gasteiger partial charge in [-0.25, -0.2) is 4.98 Å². The Labute approximate surface area is 105 Å². The zero-order chi connectivity index (χ0) is 13.6. The number of nitrogens with zero attached hydrogens (tertiary/aromatic N) is 4. The Bertz CT molecular complexity index is 654. The van der Waals surface area contributed by atoms with Crippen LogP contribution in [0.3, 0.4) is 0 Å². The number of aliphatic hydroxyl groups is 3. The Morgan fingerprint density at radius 3 is 2.79 bits per heavy atom. The predicted octanol–water partition coefficient (Wildman–Crippen LogP) is -2.87. The second-order valence-corrected chi connectivity index (χ2v) is 4.15. The van der Waals surface area contributed by atoms with Gasteiger partial charge in [-0.15, -0.1) is 15.0 Å². The minimum atomic E-state index is -1.31. The number of nitrogens with one attached hydrogen (secondary N) is 1. The average molecular weight is 269 g/mol. The van der Waals surface area contributed by atoms with Gasteiger partial charge in [-0.2, -0.15) is 0 Å². The highest BCUT2D eigenvalue weighted by atomic mass is 16.6. The fourth-order valence-corrected chi connectivity index (χ4v) is 1.95. The fourth-order valence-electron chi connectivity index (χ4n) is 1.95. The summed E-state index contributed by atoms with van der Waals surface area (Å²) in [6, 6.07) is 0. The molecule has 0 aliphatic carbocycles. The maximum Gasteiger partial charge on any atom is 0.280 e. The maximum absolute atomic E-state index is 11.5. The van der Waals surface area contributed by atoms with Gasteiger partial charge >= 0.3 is 0 Å². The zero-order valence-corrected chi connectivity index (χ0v) is 9.54. The third kappa shape index (κ3) is 1.81. The van der Waals surface area contributed by atoms with Crippen LogP contribution in [0.25, 0.3) is 11.2 Å². The molecule has 3 heterocycles. The molecule has 1 saturated heterocycles. The lowest BCUT2D eigenvalue weighted by molar-refractivity contribution is -0.0650. The summed E-state index contributed by atoms with van der Waals surface area (Å²) in [5.74, 6) is 0. The first-order valence-electron chi connectivity index (χ1n) is 5.54. The van der Waals surface area contributed by atoms with Gasteiger partial charge in [0.15, 0.2) is 11.7 Å². The molecule has 4 N–H and O–H groups in total. The smallest absolute Gasteiger partial charge is 0.280 e. The molecule has 4 atom stereocenters. The molecule has 0 amide bonds. The van der Waals surface area contributed by atoms with Crippen molar-refractivity contribution >= 4 is 11.2 Å². The van der Waals surface area contributed by atoms with Crippen LogP contribution in [0, 0.1) is 0 Å². The first-order chi connectivity index (χ1) is 9.11. The van der Waals surface area contributed by atoms with Crippen molar-refractivity contribution in [1.82, 2.24) is 25.0 Å². The van der Waals surface area contributed by atoms with Crippen LogP contribution < -0.4 is 5.56 Å². The van der Waals surface area contributed by atoms with E-state index in [1.807, 2.05) is 0 Å². The molecule has 0 aromatic carbocycles. The molecular formula is C9H11N5O5. The standard InChI is InChI=1S/C9H11N5O5/c15-1-3-5(16)6(17)9(19-3)14-12-4-7(13-14)10-2-11-8(4)18/h2-3,5-6,9,15-17H,1H2,(H,10,11,13,18)/t3-,5+,6+,9-/m0/s1. The normalized spacial score (nSPS) is 31.1. The van der Waals surface area contributed by atoms with Gasteiger partial charge in [0.25, 0.3) is 5.56 Å². The maximum atomic E-state index is 11.5. The SMILES string of the molecule is O=c1[nH]cnc2nn([C@H]3O[C@@H](CO)[C@@H](O)[C@H]3O)nc12. The van der Waals surface area contributed by atoms with Crippen molar-refractivity contribution < 1.29 is 20.1 Å². The number of H-pyrrole nitrogens is 1. The van der Waals surface area contributed by atoms with E-state index in [0.29, 0.717) is 0 Å². The van der Waals surface area contributed by atoms with Crippen LogP contribution in [0.4, 0.5) is 0 Å². The summed E-state index contributed by atoms with van der Waals surface area (Å²) in [7, 11) is 0. The second kappa shape index (κ2) is 4.35. The number of aromatic amines is 1. The summed E-state index contributed by atoms with van der Waals surface area (Å²) in [5, 5.41) is 36.2. The summed E-state index contributed by atoms with van der Waals surface area (Å²) in [4.78, 5) is 18.6. The van der Waals surface area contributed by atoms with Crippen LogP contribution in [0.1, 0.15) is 6.23 Å². The lowest BCUT2D eigenvalue weighted by Gasteiger charge is -2.12. The molecule has 0 radical (unpaired) electrons. The molecule has 10 nitrogen and oxygen atoms in total. The van der Waals surface area contributed by atoms with Crippen molar-refractivity contribution in [3.05, 3.63) is 16.7 Å². The highest BCUT2D eigenvalue weighted by Crippen LogP contribution is 2.28. The van der Waals surface area contributed by atoms with Crippen molar-refractivity contribution in [3.63, 3.8) is 0 Å². The van der Waals surface area contributed by atoms with Crippen molar-refractivity contribution in [3.8, 4) is 0 Å². The third-order valence-electron chi connectivity index (χ3n) is 2.95. The highest BCUT2D eigenvalue weighted by Gasteiger charge is 2.44. The molecule has 2 aromatic rings. The summed E-state index contributed by atoms with van der Waals surface area (Å²) in [5.41, 5.74) is -0.371. The van der Waals surface area contributed by atoms with E-state index in [4.69, 9.17) is 9.84 Å². The summed E-state index contributed by atoms with van der Waals surface area (Å²) < 4.78 is 5.24. The van der Waals surface area contributed by atoms with Crippen molar-refractivity contribution in [2.45, 2.75) is 24.5 Å². The van der Waals surface area contributed by atoms with Crippen molar-refractivity contribution in [1.29, 1.82) is 0 Å². The number of hydrogen-bond acceptors (Lipinski definition) is 8. The van der Waals surface area contributed by atoms with E-state index in [-0.39, 0.29) is 11.2 Å². The molecule has 1 aliphatic rings. The minimum Gasteiger partial charge on any atom is -0.394 e. The first kappa shape index (κ1) is 12.2. The first-order valence-corrected chi connectivity index (χ1v) is 5.54. The molecule has 2 aromatic heterocycles. The number of ether oxygens (including phenoxy) is 1. The van der Waals surface area contributed by atoms with E-state index in [0.717, 1.165) is 4.80 Å². The Morgan fingerprint density at radius 2 is 2.16 bits per heavy atom. The van der Waals surface area contributed by atoms with Crippen LogP contribution >= 0.6 is 0 Å². The predicted molar refractivity (Wildman–Crippen MR) is 59.0 cm³/mol. The van der Waals surface area contributed by atoms with E-state index in [1.54, 1.807) is 0 Å². The van der Waals surface area contributed by atoms with Crippen LogP contribution in [0.2, 0.25) is 0 Å². The Morgan fingerprint density at radius 1 is 1.37 bits per heavy atom. The number of aromatic nitrogens is 5. The highest BCUT2D eigenvalue weighted by molar-refractivity contribution is 5.66. The number of aliphatic hydroxyl groups excluding tert-OH is 3. The van der Waals surface area contributed by atoms with Gasteiger partial charge in [-0.3, -0.25) is 4.79 Å². The lowest BCUT2D eigenvalue weighted by atomic mass is 10.1. The second-order valence-electron chi connectivity index (χ2n) is 4.15. The van der Waals surface area contributed by atoms with Gasteiger partial charge in [0.1, 0.15) is 18.3 Å². The molecule has 0 bridgehead atoms. The van der Waals surface area contributed by atoms with Crippen molar-refractivity contribution in [2.24, 2.45) is 0 Å². The van der Waals surface area contributed by atoms with Crippen LogP contribution in [-0.4, -0.2) is 65.2 Å². The van der Waals surface area contributed by atoms with E-state index >= 15 is 0 Å². The Hall–Kier alpha value is -1.88.